The number of hydrogen-bond acceptors (Lipinski definition) is 5. The van der Waals surface area contributed by atoms with Gasteiger partial charge in [0, 0.05) is 0 Å². The van der Waals surface area contributed by atoms with Crippen LogP contribution in [-0.2, 0) is 10.0 Å². The second-order valence-corrected chi connectivity index (χ2v) is 6.65. The summed E-state index contributed by atoms with van der Waals surface area (Å²) in [6.07, 6.45) is 0. The van der Waals surface area contributed by atoms with Gasteiger partial charge in [-0.05, 0) is 24.3 Å². The van der Waals surface area contributed by atoms with E-state index in [1.54, 1.807) is 4.72 Å². The first-order chi connectivity index (χ1) is 10.7. The maximum atomic E-state index is 12.2. The number of nitrogens with zero attached hydrogens (tertiary/aromatic N) is 1. The van der Waals surface area contributed by atoms with Gasteiger partial charge in [-0.1, -0.05) is 35.3 Å². The minimum absolute atomic E-state index is 0.0529. The Morgan fingerprint density at radius 2 is 1.74 bits per heavy atom. The van der Waals surface area contributed by atoms with Crippen molar-refractivity contribution < 1.29 is 23.1 Å². The average molecular weight is 375 g/mol. The molecule has 1 heterocycles. The van der Waals surface area contributed by atoms with Gasteiger partial charge in [0.15, 0.2) is 0 Å². The molecule has 120 valence electrons. The average Bonchev–Trinajstić information content (AvgIpc) is 2.49. The van der Waals surface area contributed by atoms with Crippen LogP contribution >= 0.6 is 23.2 Å². The zero-order valence-electron chi connectivity index (χ0n) is 11.2. The number of halogens is 2. The van der Waals surface area contributed by atoms with Crippen LogP contribution in [0.4, 0.5) is 0 Å². The summed E-state index contributed by atoms with van der Waals surface area (Å²) in [4.78, 5) is 26.2. The molecular formula is C13H8Cl2N2O5S. The summed E-state index contributed by atoms with van der Waals surface area (Å²) < 4.78 is 26.2. The second-order valence-electron chi connectivity index (χ2n) is 4.20. The molecular weight excluding hydrogens is 367 g/mol. The number of carbonyl (C=O) groups is 2. The zero-order valence-corrected chi connectivity index (χ0v) is 13.5. The molecule has 1 aromatic carbocycles. The van der Waals surface area contributed by atoms with Crippen molar-refractivity contribution in [2.45, 2.75) is 4.90 Å². The Morgan fingerprint density at radius 1 is 1.09 bits per heavy atom. The lowest BCUT2D eigenvalue weighted by Crippen LogP contribution is -2.32. The van der Waals surface area contributed by atoms with E-state index in [1.807, 2.05) is 0 Å². The number of aromatic nitrogens is 1. The van der Waals surface area contributed by atoms with Crippen LogP contribution in [0, 0.1) is 0 Å². The predicted octanol–water partition coefficient (Wildman–Crippen LogP) is 2.21. The van der Waals surface area contributed by atoms with Gasteiger partial charge in [0.1, 0.15) is 15.7 Å². The molecule has 2 aromatic rings. The van der Waals surface area contributed by atoms with Crippen LogP contribution < -0.4 is 4.72 Å². The maximum Gasteiger partial charge on any atom is 0.337 e. The molecule has 1 aromatic heterocycles. The molecule has 0 atom stereocenters. The molecule has 7 nitrogen and oxygen atoms in total. The van der Waals surface area contributed by atoms with E-state index in [0.717, 1.165) is 12.1 Å². The molecule has 2 N–H and O–H groups in total. The lowest BCUT2D eigenvalue weighted by Gasteiger charge is -2.09. The van der Waals surface area contributed by atoms with E-state index in [4.69, 9.17) is 28.3 Å². The lowest BCUT2D eigenvalue weighted by atomic mass is 10.2. The van der Waals surface area contributed by atoms with Gasteiger partial charge < -0.3 is 5.11 Å². The first-order valence-corrected chi connectivity index (χ1v) is 8.18. The number of hydrogen-bond donors (Lipinski definition) is 2. The highest BCUT2D eigenvalue weighted by molar-refractivity contribution is 7.90. The van der Waals surface area contributed by atoms with Crippen molar-refractivity contribution >= 4 is 45.1 Å². The normalized spacial score (nSPS) is 11.0. The Balaban J connectivity index is 2.41. The Labute approximate surface area is 140 Å². The fourth-order valence-corrected chi connectivity index (χ4v) is 3.17. The number of aromatic carboxylic acids is 1. The van der Waals surface area contributed by atoms with Gasteiger partial charge >= 0.3 is 5.97 Å². The number of pyridine rings is 1. The predicted molar refractivity (Wildman–Crippen MR) is 82.3 cm³/mol. The minimum Gasteiger partial charge on any atom is -0.478 e. The zero-order chi connectivity index (χ0) is 17.2. The summed E-state index contributed by atoms with van der Waals surface area (Å²) in [6, 6.07) is 7.46. The summed E-state index contributed by atoms with van der Waals surface area (Å²) in [7, 11) is -4.44. The number of carbonyl (C=O) groups excluding carboxylic acids is 1. The number of rotatable bonds is 4. The van der Waals surface area contributed by atoms with E-state index >= 15 is 0 Å². The molecule has 23 heavy (non-hydrogen) atoms. The molecule has 0 spiro atoms. The Morgan fingerprint density at radius 3 is 2.39 bits per heavy atom. The van der Waals surface area contributed by atoms with E-state index in [2.05, 4.69) is 4.98 Å². The molecule has 0 aliphatic rings. The van der Waals surface area contributed by atoms with Crippen molar-refractivity contribution in [3.8, 4) is 0 Å². The van der Waals surface area contributed by atoms with Gasteiger partial charge in [-0.3, -0.25) is 4.79 Å². The summed E-state index contributed by atoms with van der Waals surface area (Å²) in [5.74, 6) is -2.57. The largest absolute Gasteiger partial charge is 0.478 e. The van der Waals surface area contributed by atoms with E-state index in [9.17, 15) is 18.0 Å². The SMILES string of the molecule is O=C(O)c1ccccc1S(=O)(=O)NC(=O)c1nc(Cl)ccc1Cl. The van der Waals surface area contributed by atoms with Gasteiger partial charge in [-0.25, -0.2) is 22.9 Å². The Kier molecular flexibility index (Phi) is 4.88. The van der Waals surface area contributed by atoms with Gasteiger partial charge in [0.25, 0.3) is 15.9 Å². The van der Waals surface area contributed by atoms with Crippen LogP contribution in [0.3, 0.4) is 0 Å². The third-order valence-electron chi connectivity index (χ3n) is 2.66. The van der Waals surface area contributed by atoms with Crippen LogP contribution in [0.1, 0.15) is 20.8 Å². The van der Waals surface area contributed by atoms with E-state index in [-0.39, 0.29) is 10.2 Å². The Hall–Kier alpha value is -2.16. The second kappa shape index (κ2) is 6.53. The Bertz CT molecular complexity index is 899. The molecule has 0 saturated carbocycles. The number of benzene rings is 1. The molecule has 0 unspecified atom stereocenters. The number of sulfonamides is 1. The highest BCUT2D eigenvalue weighted by atomic mass is 35.5. The standard InChI is InChI=1S/C13H8Cl2N2O5S/c14-8-5-6-10(15)16-11(8)12(18)17-23(21,22)9-4-2-1-3-7(9)13(19)20/h1-6H,(H,17,18)(H,19,20). The van der Waals surface area contributed by atoms with Crippen molar-refractivity contribution in [1.82, 2.24) is 9.71 Å². The molecule has 0 bridgehead atoms. The van der Waals surface area contributed by atoms with Gasteiger partial charge in [-0.15, -0.1) is 0 Å². The quantitative estimate of drug-likeness (QED) is 0.792. The van der Waals surface area contributed by atoms with E-state index < -0.39 is 38.1 Å². The molecule has 0 aliphatic heterocycles. The van der Waals surface area contributed by atoms with Crippen LogP contribution in [0.25, 0.3) is 0 Å². The molecule has 0 fully saturated rings. The topological polar surface area (TPSA) is 113 Å². The fraction of sp³-hybridized carbons (Fsp3) is 0. The first-order valence-electron chi connectivity index (χ1n) is 5.94. The van der Waals surface area contributed by atoms with Gasteiger partial charge in [0.2, 0.25) is 0 Å². The maximum absolute atomic E-state index is 12.2. The molecule has 0 saturated heterocycles. The van der Waals surface area contributed by atoms with Crippen molar-refractivity contribution in [2.75, 3.05) is 0 Å². The summed E-state index contributed by atoms with van der Waals surface area (Å²) in [5.41, 5.74) is -0.867. The van der Waals surface area contributed by atoms with Crippen LogP contribution in [0.2, 0.25) is 10.2 Å². The van der Waals surface area contributed by atoms with E-state index in [0.29, 0.717) is 0 Å². The van der Waals surface area contributed by atoms with Crippen molar-refractivity contribution in [3.05, 3.63) is 57.8 Å². The van der Waals surface area contributed by atoms with Crippen LogP contribution in [0.5, 0.6) is 0 Å². The minimum atomic E-state index is -4.44. The first kappa shape index (κ1) is 17.2. The van der Waals surface area contributed by atoms with Crippen LogP contribution in [-0.4, -0.2) is 30.4 Å². The molecule has 0 radical (unpaired) electrons. The number of amides is 1. The van der Waals surface area contributed by atoms with Crippen LogP contribution in [0.15, 0.2) is 41.3 Å². The highest BCUT2D eigenvalue weighted by Crippen LogP contribution is 2.19. The third kappa shape index (κ3) is 3.79. The number of nitrogens with one attached hydrogen (secondary N) is 1. The van der Waals surface area contributed by atoms with Gasteiger partial charge in [0.05, 0.1) is 10.6 Å². The molecule has 10 heteroatoms. The lowest BCUT2D eigenvalue weighted by molar-refractivity contribution is 0.0692. The highest BCUT2D eigenvalue weighted by Gasteiger charge is 2.26. The number of carboxylic acids is 1. The molecule has 1 amide bonds. The summed E-state index contributed by atoms with van der Waals surface area (Å²) >= 11 is 11.4. The molecule has 2 rings (SSSR count). The van der Waals surface area contributed by atoms with Crippen molar-refractivity contribution in [1.29, 1.82) is 0 Å². The summed E-state index contributed by atoms with van der Waals surface area (Å²) in [6.45, 7) is 0. The molecule has 0 aliphatic carbocycles. The van der Waals surface area contributed by atoms with Gasteiger partial charge in [-0.2, -0.15) is 0 Å². The smallest absolute Gasteiger partial charge is 0.337 e. The summed E-state index contributed by atoms with van der Waals surface area (Å²) in [5, 5.41) is 8.88. The van der Waals surface area contributed by atoms with Crippen molar-refractivity contribution in [3.63, 3.8) is 0 Å². The van der Waals surface area contributed by atoms with Crippen molar-refractivity contribution in [2.24, 2.45) is 0 Å². The third-order valence-corrected chi connectivity index (χ3v) is 4.57. The van der Waals surface area contributed by atoms with E-state index in [1.165, 1.54) is 24.3 Å². The fourth-order valence-electron chi connectivity index (χ4n) is 1.68. The monoisotopic (exact) mass is 374 g/mol. The number of carboxylic acid groups (broad SMARTS) is 1.